The van der Waals surface area contributed by atoms with E-state index in [1.807, 2.05) is 0 Å². The average molecular weight is 430 g/mol. The molecule has 0 aliphatic rings. The van der Waals surface area contributed by atoms with Crippen molar-refractivity contribution in [1.82, 2.24) is 25.9 Å². The highest BCUT2D eigenvalue weighted by molar-refractivity contribution is 7.80. The third kappa shape index (κ3) is 7.71. The number of hydrogen-bond donors (Lipinski definition) is 8. The standard InChI is InChI=1S/C16H26N6O6S/c1-7(16(27)28)20-14(25)11(3-9-4-18-6-19-9)21-15(26)12(8(2)23)22-13(24)10(17)5-29/h4,6-8,10-12,23,29H,3,5,17H2,1-2H3,(H,18,19)(H,20,25)(H,21,26)(H,22,24)(H,27,28). The van der Waals surface area contributed by atoms with Crippen LogP contribution >= 0.6 is 12.6 Å². The molecule has 3 amide bonds. The second-order valence-electron chi connectivity index (χ2n) is 6.43. The van der Waals surface area contributed by atoms with Crippen LogP contribution in [0.15, 0.2) is 12.5 Å². The number of rotatable bonds is 11. The van der Waals surface area contributed by atoms with Gasteiger partial charge in [-0.05, 0) is 13.8 Å². The van der Waals surface area contributed by atoms with Crippen molar-refractivity contribution < 1.29 is 29.4 Å². The van der Waals surface area contributed by atoms with E-state index in [0.717, 1.165) is 0 Å². The minimum absolute atomic E-state index is 0.0257. The average Bonchev–Trinajstić information content (AvgIpc) is 3.16. The van der Waals surface area contributed by atoms with E-state index in [9.17, 15) is 24.3 Å². The molecule has 0 aliphatic carbocycles. The zero-order chi connectivity index (χ0) is 22.1. The van der Waals surface area contributed by atoms with E-state index in [1.54, 1.807) is 0 Å². The van der Waals surface area contributed by atoms with Crippen LogP contribution in [0.4, 0.5) is 0 Å². The molecule has 5 atom stereocenters. The molecule has 13 heteroatoms. The van der Waals surface area contributed by atoms with Crippen LogP contribution in [-0.2, 0) is 25.6 Å². The number of carboxylic acid groups (broad SMARTS) is 1. The Morgan fingerprint density at radius 2 is 1.83 bits per heavy atom. The number of aliphatic hydroxyl groups is 1. The van der Waals surface area contributed by atoms with E-state index in [1.165, 1.54) is 26.4 Å². The van der Waals surface area contributed by atoms with Crippen LogP contribution < -0.4 is 21.7 Å². The fraction of sp³-hybridized carbons (Fsp3) is 0.562. The van der Waals surface area contributed by atoms with Gasteiger partial charge >= 0.3 is 5.97 Å². The number of aromatic nitrogens is 2. The summed E-state index contributed by atoms with van der Waals surface area (Å²) in [5, 5.41) is 25.8. The summed E-state index contributed by atoms with van der Waals surface area (Å²) in [4.78, 5) is 54.7. The lowest BCUT2D eigenvalue weighted by Gasteiger charge is -2.25. The molecular formula is C16H26N6O6S. The molecule has 0 bridgehead atoms. The van der Waals surface area contributed by atoms with Gasteiger partial charge in [0.2, 0.25) is 17.7 Å². The number of nitrogens with two attached hydrogens (primary N) is 1. The maximum absolute atomic E-state index is 12.6. The van der Waals surface area contributed by atoms with Crippen molar-refractivity contribution in [2.45, 2.75) is 50.5 Å². The van der Waals surface area contributed by atoms with Gasteiger partial charge in [0.15, 0.2) is 0 Å². The molecule has 162 valence electrons. The van der Waals surface area contributed by atoms with Gasteiger partial charge in [-0.15, -0.1) is 0 Å². The summed E-state index contributed by atoms with van der Waals surface area (Å²) in [6.45, 7) is 2.56. The van der Waals surface area contributed by atoms with Crippen molar-refractivity contribution in [2.75, 3.05) is 5.75 Å². The molecule has 5 unspecified atom stereocenters. The second-order valence-corrected chi connectivity index (χ2v) is 6.79. The Morgan fingerprint density at radius 3 is 2.31 bits per heavy atom. The predicted octanol–water partition coefficient (Wildman–Crippen LogP) is -2.85. The lowest BCUT2D eigenvalue weighted by molar-refractivity contribution is -0.142. The largest absolute Gasteiger partial charge is 0.480 e. The Morgan fingerprint density at radius 1 is 1.17 bits per heavy atom. The van der Waals surface area contributed by atoms with Gasteiger partial charge in [-0.3, -0.25) is 19.2 Å². The highest BCUT2D eigenvalue weighted by atomic mass is 32.1. The summed E-state index contributed by atoms with van der Waals surface area (Å²) in [6.07, 6.45) is 1.50. The van der Waals surface area contributed by atoms with Crippen LogP contribution in [0.1, 0.15) is 19.5 Å². The molecule has 0 aromatic carbocycles. The van der Waals surface area contributed by atoms with Gasteiger partial charge in [0.1, 0.15) is 18.1 Å². The van der Waals surface area contributed by atoms with E-state index in [4.69, 9.17) is 10.8 Å². The number of aliphatic hydroxyl groups excluding tert-OH is 1. The number of imidazole rings is 1. The predicted molar refractivity (Wildman–Crippen MR) is 105 cm³/mol. The quantitative estimate of drug-likeness (QED) is 0.171. The molecule has 0 radical (unpaired) electrons. The van der Waals surface area contributed by atoms with Crippen LogP contribution in [0.25, 0.3) is 0 Å². The van der Waals surface area contributed by atoms with E-state index in [-0.39, 0.29) is 12.2 Å². The summed E-state index contributed by atoms with van der Waals surface area (Å²) < 4.78 is 0. The number of aliphatic carboxylic acids is 1. The summed E-state index contributed by atoms with van der Waals surface area (Å²) >= 11 is 3.90. The summed E-state index contributed by atoms with van der Waals surface area (Å²) in [5.41, 5.74) is 6.06. The smallest absolute Gasteiger partial charge is 0.325 e. The van der Waals surface area contributed by atoms with Crippen molar-refractivity contribution in [2.24, 2.45) is 5.73 Å². The Hall–Kier alpha value is -2.64. The number of carbonyl (C=O) groups excluding carboxylic acids is 3. The summed E-state index contributed by atoms with van der Waals surface area (Å²) in [7, 11) is 0. The molecule has 1 heterocycles. The van der Waals surface area contributed by atoms with Crippen LogP contribution in [0.3, 0.4) is 0 Å². The first-order valence-electron chi connectivity index (χ1n) is 8.72. The van der Waals surface area contributed by atoms with E-state index < -0.39 is 54.0 Å². The molecule has 0 spiro atoms. The zero-order valence-corrected chi connectivity index (χ0v) is 16.8. The molecule has 0 aliphatic heterocycles. The first-order chi connectivity index (χ1) is 13.6. The van der Waals surface area contributed by atoms with Gasteiger partial charge in [0, 0.05) is 24.1 Å². The van der Waals surface area contributed by atoms with Crippen molar-refractivity contribution >= 4 is 36.3 Å². The van der Waals surface area contributed by atoms with Gasteiger partial charge in [-0.25, -0.2) is 4.98 Å². The monoisotopic (exact) mass is 430 g/mol. The number of nitrogens with zero attached hydrogens (tertiary/aromatic N) is 1. The maximum atomic E-state index is 12.6. The maximum Gasteiger partial charge on any atom is 0.325 e. The number of nitrogens with one attached hydrogen (secondary N) is 4. The van der Waals surface area contributed by atoms with Crippen LogP contribution in [-0.4, -0.2) is 79.9 Å². The normalized spacial score (nSPS) is 16.0. The highest BCUT2D eigenvalue weighted by Gasteiger charge is 2.32. The van der Waals surface area contributed by atoms with Gasteiger partial charge < -0.3 is 36.9 Å². The lowest BCUT2D eigenvalue weighted by atomic mass is 10.1. The molecule has 0 saturated carbocycles. The highest BCUT2D eigenvalue weighted by Crippen LogP contribution is 2.03. The van der Waals surface area contributed by atoms with Gasteiger partial charge in [0.05, 0.1) is 18.5 Å². The number of hydrogen-bond acceptors (Lipinski definition) is 8. The Kier molecular flexibility index (Phi) is 9.58. The van der Waals surface area contributed by atoms with E-state index in [0.29, 0.717) is 5.69 Å². The third-order valence-corrected chi connectivity index (χ3v) is 4.33. The molecular weight excluding hydrogens is 404 g/mol. The number of carboxylic acids is 1. The number of H-pyrrole nitrogens is 1. The molecule has 0 fully saturated rings. The molecule has 1 rings (SSSR count). The Bertz CT molecular complexity index is 713. The van der Waals surface area contributed by atoms with Crippen LogP contribution in [0, 0.1) is 0 Å². The number of thiol groups is 1. The van der Waals surface area contributed by atoms with Crippen molar-refractivity contribution in [3.05, 3.63) is 18.2 Å². The first kappa shape index (κ1) is 24.4. The van der Waals surface area contributed by atoms with Crippen molar-refractivity contribution in [1.29, 1.82) is 0 Å². The zero-order valence-electron chi connectivity index (χ0n) is 16.0. The van der Waals surface area contributed by atoms with Crippen molar-refractivity contribution in [3.63, 3.8) is 0 Å². The third-order valence-electron chi connectivity index (χ3n) is 3.94. The molecule has 8 N–H and O–H groups in total. The summed E-state index contributed by atoms with van der Waals surface area (Å²) in [6, 6.07) is -4.76. The fourth-order valence-corrected chi connectivity index (χ4v) is 2.38. The minimum atomic E-state index is -1.39. The topological polar surface area (TPSA) is 200 Å². The fourth-order valence-electron chi connectivity index (χ4n) is 2.21. The number of carbonyl (C=O) groups is 4. The van der Waals surface area contributed by atoms with Gasteiger partial charge in [-0.1, -0.05) is 0 Å². The molecule has 12 nitrogen and oxygen atoms in total. The van der Waals surface area contributed by atoms with E-state index in [2.05, 4.69) is 38.5 Å². The number of amides is 3. The summed E-state index contributed by atoms with van der Waals surface area (Å²) in [5.74, 6) is -3.53. The molecule has 1 aromatic heterocycles. The Balaban J connectivity index is 2.95. The Labute approximate surface area is 172 Å². The molecule has 0 saturated heterocycles. The lowest BCUT2D eigenvalue weighted by Crippen LogP contribution is -2.60. The van der Waals surface area contributed by atoms with Crippen molar-refractivity contribution in [3.8, 4) is 0 Å². The van der Waals surface area contributed by atoms with Gasteiger partial charge in [0.25, 0.3) is 0 Å². The van der Waals surface area contributed by atoms with Gasteiger partial charge in [-0.2, -0.15) is 12.6 Å². The van der Waals surface area contributed by atoms with Crippen LogP contribution in [0.2, 0.25) is 0 Å². The molecule has 1 aromatic rings. The SMILES string of the molecule is CC(NC(=O)C(Cc1cnc[nH]1)NC(=O)C(NC(=O)C(N)CS)C(C)O)C(=O)O. The number of aromatic amines is 1. The minimum Gasteiger partial charge on any atom is -0.480 e. The first-order valence-corrected chi connectivity index (χ1v) is 9.35. The van der Waals surface area contributed by atoms with Crippen LogP contribution in [0.5, 0.6) is 0 Å². The van der Waals surface area contributed by atoms with E-state index >= 15 is 0 Å². The second kappa shape index (κ2) is 11.4. The molecule has 29 heavy (non-hydrogen) atoms.